The smallest absolute Gasteiger partial charge is 0.262 e. The molecular weight excluding hydrogens is 396 g/mol. The monoisotopic (exact) mass is 418 g/mol. The number of hydrogen-bond donors (Lipinski definition) is 0. The molecule has 1 saturated carbocycles. The first-order chi connectivity index (χ1) is 14.7. The first-order valence-corrected chi connectivity index (χ1v) is 11.2. The molecule has 1 aliphatic carbocycles. The maximum atomic E-state index is 13.3. The minimum absolute atomic E-state index is 0.0395. The molecule has 30 heavy (non-hydrogen) atoms. The van der Waals surface area contributed by atoms with Gasteiger partial charge in [-0.3, -0.25) is 9.36 Å². The van der Waals surface area contributed by atoms with Crippen molar-refractivity contribution in [2.45, 2.75) is 49.1 Å². The Bertz CT molecular complexity index is 1230. The lowest BCUT2D eigenvalue weighted by molar-refractivity contribution is 0.380. The summed E-state index contributed by atoms with van der Waals surface area (Å²) in [5.41, 5.74) is 1.68. The first-order valence-electron chi connectivity index (χ1n) is 10.3. The van der Waals surface area contributed by atoms with Crippen molar-refractivity contribution in [3.05, 3.63) is 70.8 Å². The molecule has 152 valence electrons. The Morgan fingerprint density at radius 3 is 2.57 bits per heavy atom. The Morgan fingerprint density at radius 1 is 1.03 bits per heavy atom. The van der Waals surface area contributed by atoms with Crippen LogP contribution in [-0.4, -0.2) is 19.7 Å². The highest BCUT2D eigenvalue weighted by Crippen LogP contribution is 2.37. The summed E-state index contributed by atoms with van der Waals surface area (Å²) in [4.78, 5) is 22.7. The summed E-state index contributed by atoms with van der Waals surface area (Å²) < 4.78 is 7.43. The lowest BCUT2D eigenvalue weighted by Gasteiger charge is -2.19. The van der Waals surface area contributed by atoms with Crippen LogP contribution in [0.25, 0.3) is 22.3 Å². The van der Waals surface area contributed by atoms with Gasteiger partial charge in [0, 0.05) is 11.6 Å². The Hall–Kier alpha value is -2.93. The molecule has 0 N–H and O–H groups in total. The topological polar surface area (TPSA) is 73.8 Å². The van der Waals surface area contributed by atoms with Crippen LogP contribution in [0.4, 0.5) is 0 Å². The molecule has 0 aliphatic heterocycles. The fraction of sp³-hybridized carbons (Fsp3) is 0.304. The van der Waals surface area contributed by atoms with E-state index in [0.29, 0.717) is 17.1 Å². The van der Waals surface area contributed by atoms with Gasteiger partial charge < -0.3 is 4.52 Å². The van der Waals surface area contributed by atoms with Crippen molar-refractivity contribution in [1.82, 2.24) is 19.7 Å². The lowest BCUT2D eigenvalue weighted by Crippen LogP contribution is -2.26. The van der Waals surface area contributed by atoms with Crippen LogP contribution in [0.5, 0.6) is 0 Å². The molecular formula is C23H22N4O2S. The van der Waals surface area contributed by atoms with E-state index in [2.05, 4.69) is 10.1 Å². The van der Waals surface area contributed by atoms with Gasteiger partial charge in [-0.2, -0.15) is 4.98 Å². The molecule has 7 heteroatoms. The quantitative estimate of drug-likeness (QED) is 0.318. The number of hydrogen-bond acceptors (Lipinski definition) is 6. The molecule has 6 nitrogen and oxygen atoms in total. The van der Waals surface area contributed by atoms with Gasteiger partial charge in [-0.1, -0.05) is 72.2 Å². The molecule has 0 amide bonds. The first kappa shape index (κ1) is 19.1. The molecule has 1 atom stereocenters. The molecule has 1 fully saturated rings. The minimum atomic E-state index is -0.129. The number of nitrogens with zero attached hydrogens (tertiary/aromatic N) is 4. The number of fused-ring (bicyclic) bond motifs is 1. The SMILES string of the molecule is CC(Sc1nc2ccccc2c(=O)n1C1CCCC1)c1nc(-c2ccccc2)no1. The van der Waals surface area contributed by atoms with Crippen molar-refractivity contribution < 1.29 is 4.52 Å². The van der Waals surface area contributed by atoms with Crippen molar-refractivity contribution in [2.24, 2.45) is 0 Å². The summed E-state index contributed by atoms with van der Waals surface area (Å²) in [7, 11) is 0. The predicted octanol–water partition coefficient (Wildman–Crippen LogP) is 5.41. The second-order valence-corrected chi connectivity index (χ2v) is 8.92. The van der Waals surface area contributed by atoms with E-state index in [1.54, 1.807) is 0 Å². The predicted molar refractivity (Wildman–Crippen MR) is 118 cm³/mol. The average molecular weight is 419 g/mol. The van der Waals surface area contributed by atoms with Crippen LogP contribution >= 0.6 is 11.8 Å². The number of para-hydroxylation sites is 1. The second kappa shape index (κ2) is 8.07. The number of benzene rings is 2. The van der Waals surface area contributed by atoms with Crippen LogP contribution in [0.1, 0.15) is 49.8 Å². The minimum Gasteiger partial charge on any atom is -0.338 e. The zero-order chi connectivity index (χ0) is 20.5. The zero-order valence-electron chi connectivity index (χ0n) is 16.7. The van der Waals surface area contributed by atoms with E-state index in [1.165, 1.54) is 11.8 Å². The normalized spacial score (nSPS) is 15.6. The van der Waals surface area contributed by atoms with Gasteiger partial charge in [-0.05, 0) is 31.9 Å². The third-order valence-corrected chi connectivity index (χ3v) is 6.62. The fourth-order valence-electron chi connectivity index (χ4n) is 4.01. The Balaban J connectivity index is 1.51. The van der Waals surface area contributed by atoms with Crippen LogP contribution < -0.4 is 5.56 Å². The molecule has 0 bridgehead atoms. The molecule has 1 aliphatic rings. The number of rotatable bonds is 5. The van der Waals surface area contributed by atoms with E-state index in [-0.39, 0.29) is 16.9 Å². The molecule has 2 aromatic carbocycles. The molecule has 2 heterocycles. The van der Waals surface area contributed by atoms with Gasteiger partial charge in [-0.15, -0.1) is 0 Å². The van der Waals surface area contributed by atoms with Gasteiger partial charge in [0.2, 0.25) is 11.7 Å². The second-order valence-electron chi connectivity index (χ2n) is 7.61. The van der Waals surface area contributed by atoms with Crippen molar-refractivity contribution in [2.75, 3.05) is 0 Å². The summed E-state index contributed by atoms with van der Waals surface area (Å²) in [5, 5.41) is 5.39. The van der Waals surface area contributed by atoms with Gasteiger partial charge in [-0.25, -0.2) is 4.98 Å². The Morgan fingerprint density at radius 2 is 1.77 bits per heavy atom. The maximum Gasteiger partial charge on any atom is 0.262 e. The van der Waals surface area contributed by atoms with Gasteiger partial charge in [0.05, 0.1) is 16.2 Å². The van der Waals surface area contributed by atoms with Crippen molar-refractivity contribution in [3.63, 3.8) is 0 Å². The maximum absolute atomic E-state index is 13.3. The van der Waals surface area contributed by atoms with Crippen LogP contribution in [0.3, 0.4) is 0 Å². The van der Waals surface area contributed by atoms with Gasteiger partial charge in [0.1, 0.15) is 0 Å². The van der Waals surface area contributed by atoms with E-state index in [1.807, 2.05) is 66.1 Å². The molecule has 5 rings (SSSR count). The van der Waals surface area contributed by atoms with E-state index >= 15 is 0 Å². The highest BCUT2D eigenvalue weighted by Gasteiger charge is 2.25. The standard InChI is InChI=1S/C23H22N4O2S/c1-15(21-25-20(26-29-21)16-9-3-2-4-10-16)30-23-24-19-14-8-7-13-18(19)22(28)27(23)17-11-5-6-12-17/h2-4,7-10,13-15,17H,5-6,11-12H2,1H3. The van der Waals surface area contributed by atoms with Crippen LogP contribution in [0.2, 0.25) is 0 Å². The summed E-state index contributed by atoms with van der Waals surface area (Å²) in [6.07, 6.45) is 4.32. The van der Waals surface area contributed by atoms with E-state index in [0.717, 1.165) is 41.9 Å². The van der Waals surface area contributed by atoms with Crippen LogP contribution in [0, 0.1) is 0 Å². The molecule has 0 saturated heterocycles. The molecule has 0 spiro atoms. The van der Waals surface area contributed by atoms with Gasteiger partial charge in [0.25, 0.3) is 5.56 Å². The van der Waals surface area contributed by atoms with Gasteiger partial charge in [0.15, 0.2) is 5.16 Å². The van der Waals surface area contributed by atoms with Crippen LogP contribution in [-0.2, 0) is 0 Å². The molecule has 0 radical (unpaired) electrons. The summed E-state index contributed by atoms with van der Waals surface area (Å²) in [5.74, 6) is 1.09. The Kier molecular flexibility index (Phi) is 5.12. The molecule has 1 unspecified atom stereocenters. The highest BCUT2D eigenvalue weighted by molar-refractivity contribution is 7.99. The molecule has 4 aromatic rings. The van der Waals surface area contributed by atoms with Crippen molar-refractivity contribution in [3.8, 4) is 11.4 Å². The van der Waals surface area contributed by atoms with Crippen molar-refractivity contribution in [1.29, 1.82) is 0 Å². The number of aromatic nitrogens is 4. The van der Waals surface area contributed by atoms with E-state index < -0.39 is 0 Å². The van der Waals surface area contributed by atoms with Crippen LogP contribution in [0.15, 0.2) is 69.1 Å². The fourth-order valence-corrected chi connectivity index (χ4v) is 5.02. The van der Waals surface area contributed by atoms with E-state index in [9.17, 15) is 4.79 Å². The Labute approximate surface area is 178 Å². The van der Waals surface area contributed by atoms with E-state index in [4.69, 9.17) is 9.51 Å². The lowest BCUT2D eigenvalue weighted by atomic mass is 10.2. The molecule has 2 aromatic heterocycles. The number of thioether (sulfide) groups is 1. The summed E-state index contributed by atoms with van der Waals surface area (Å²) >= 11 is 1.50. The highest BCUT2D eigenvalue weighted by atomic mass is 32.2. The third kappa shape index (κ3) is 3.54. The third-order valence-electron chi connectivity index (χ3n) is 5.57. The summed E-state index contributed by atoms with van der Waals surface area (Å²) in [6, 6.07) is 17.5. The van der Waals surface area contributed by atoms with Crippen molar-refractivity contribution >= 4 is 22.7 Å². The average Bonchev–Trinajstić information content (AvgIpc) is 3.47. The summed E-state index contributed by atoms with van der Waals surface area (Å²) in [6.45, 7) is 2.01. The zero-order valence-corrected chi connectivity index (χ0v) is 17.5. The largest absolute Gasteiger partial charge is 0.338 e. The van der Waals surface area contributed by atoms with Gasteiger partial charge >= 0.3 is 0 Å².